The van der Waals surface area contributed by atoms with Gasteiger partial charge in [0.2, 0.25) is 0 Å². The minimum atomic E-state index is 0.252. The molecule has 1 aromatic heterocycles. The van der Waals surface area contributed by atoms with Crippen molar-refractivity contribution in [2.24, 2.45) is 11.7 Å². The highest BCUT2D eigenvalue weighted by molar-refractivity contribution is 9.10. The van der Waals surface area contributed by atoms with E-state index in [0.29, 0.717) is 5.92 Å². The lowest BCUT2D eigenvalue weighted by atomic mass is 9.88. The van der Waals surface area contributed by atoms with Gasteiger partial charge in [-0.25, -0.2) is 0 Å². The molecule has 3 heteroatoms. The van der Waals surface area contributed by atoms with Crippen LogP contribution in [0.15, 0.2) is 22.9 Å². The Bertz CT molecular complexity index is 328. The molecule has 1 rings (SSSR count). The molecule has 17 heavy (non-hydrogen) atoms. The van der Waals surface area contributed by atoms with Crippen molar-refractivity contribution in [3.8, 4) is 0 Å². The zero-order valence-corrected chi connectivity index (χ0v) is 12.4. The maximum atomic E-state index is 6.31. The van der Waals surface area contributed by atoms with E-state index in [9.17, 15) is 0 Å². The summed E-state index contributed by atoms with van der Waals surface area (Å²) in [6, 6.07) is 2.36. The predicted octanol–water partition coefficient (Wildman–Crippen LogP) is 3.93. The van der Waals surface area contributed by atoms with Crippen molar-refractivity contribution in [2.75, 3.05) is 0 Å². The highest BCUT2D eigenvalue weighted by atomic mass is 79.9. The van der Waals surface area contributed by atoms with Crippen molar-refractivity contribution in [2.45, 2.75) is 52.0 Å². The van der Waals surface area contributed by atoms with Crippen LogP contribution >= 0.6 is 15.9 Å². The summed E-state index contributed by atoms with van der Waals surface area (Å²) in [6.45, 7) is 4.47. The normalized spacial score (nSPS) is 14.6. The number of hydrogen-bond acceptors (Lipinski definition) is 2. The molecule has 1 aromatic rings. The second-order valence-corrected chi connectivity index (χ2v) is 5.61. The van der Waals surface area contributed by atoms with Gasteiger partial charge in [-0.1, -0.05) is 33.1 Å². The first kappa shape index (κ1) is 14.7. The Morgan fingerprint density at radius 1 is 1.35 bits per heavy atom. The van der Waals surface area contributed by atoms with Crippen LogP contribution in [0.2, 0.25) is 0 Å². The minimum absolute atomic E-state index is 0.252. The van der Waals surface area contributed by atoms with E-state index in [0.717, 1.165) is 10.9 Å². The fourth-order valence-corrected chi connectivity index (χ4v) is 2.61. The summed E-state index contributed by atoms with van der Waals surface area (Å²) in [5.41, 5.74) is 7.53. The van der Waals surface area contributed by atoms with Gasteiger partial charge in [0.05, 0.1) is 0 Å². The summed E-state index contributed by atoms with van der Waals surface area (Å²) in [6.07, 6.45) is 9.60. The lowest BCUT2D eigenvalue weighted by Crippen LogP contribution is -2.32. The summed E-state index contributed by atoms with van der Waals surface area (Å²) >= 11 is 3.44. The fraction of sp³-hybridized carbons (Fsp3) is 0.643. The molecule has 0 aromatic carbocycles. The molecule has 0 saturated carbocycles. The summed E-state index contributed by atoms with van der Waals surface area (Å²) in [5.74, 6) is 0.633. The van der Waals surface area contributed by atoms with Gasteiger partial charge in [0, 0.05) is 22.9 Å². The first-order chi connectivity index (χ1) is 8.17. The monoisotopic (exact) mass is 298 g/mol. The standard InChI is InChI=1S/C14H23BrN2/c1-3-5-6-12(4-2)14(16)8-11-7-13(15)10-17-9-11/h7,9-10,12,14H,3-6,8,16H2,1-2H3. The van der Waals surface area contributed by atoms with Crippen LogP contribution in [-0.2, 0) is 6.42 Å². The van der Waals surface area contributed by atoms with E-state index in [1.54, 1.807) is 0 Å². The third-order valence-electron chi connectivity index (χ3n) is 3.29. The van der Waals surface area contributed by atoms with Gasteiger partial charge in [-0.2, -0.15) is 0 Å². The van der Waals surface area contributed by atoms with Crippen LogP contribution in [0.4, 0.5) is 0 Å². The van der Waals surface area contributed by atoms with E-state index in [-0.39, 0.29) is 6.04 Å². The van der Waals surface area contributed by atoms with Gasteiger partial charge in [0.15, 0.2) is 0 Å². The van der Waals surface area contributed by atoms with Gasteiger partial charge >= 0.3 is 0 Å². The topological polar surface area (TPSA) is 38.9 Å². The molecule has 96 valence electrons. The van der Waals surface area contributed by atoms with Crippen LogP contribution in [0.25, 0.3) is 0 Å². The number of hydrogen-bond donors (Lipinski definition) is 1. The Hall–Kier alpha value is -0.410. The molecule has 2 nitrogen and oxygen atoms in total. The Labute approximate surface area is 113 Å². The lowest BCUT2D eigenvalue weighted by Gasteiger charge is -2.22. The van der Waals surface area contributed by atoms with Crippen LogP contribution in [0.5, 0.6) is 0 Å². The van der Waals surface area contributed by atoms with E-state index in [1.165, 1.54) is 31.2 Å². The highest BCUT2D eigenvalue weighted by Crippen LogP contribution is 2.19. The molecule has 0 aliphatic heterocycles. The number of pyridine rings is 1. The Morgan fingerprint density at radius 2 is 2.12 bits per heavy atom. The number of nitrogens with two attached hydrogens (primary N) is 1. The van der Waals surface area contributed by atoms with Crippen molar-refractivity contribution in [3.63, 3.8) is 0 Å². The molecule has 2 unspecified atom stereocenters. The largest absolute Gasteiger partial charge is 0.327 e. The zero-order valence-electron chi connectivity index (χ0n) is 10.8. The van der Waals surface area contributed by atoms with Gasteiger partial charge < -0.3 is 5.73 Å². The SMILES string of the molecule is CCCCC(CC)C(N)Cc1cncc(Br)c1. The van der Waals surface area contributed by atoms with Crippen molar-refractivity contribution in [1.29, 1.82) is 0 Å². The predicted molar refractivity (Wildman–Crippen MR) is 76.9 cm³/mol. The van der Waals surface area contributed by atoms with Crippen molar-refractivity contribution >= 4 is 15.9 Å². The molecule has 2 N–H and O–H groups in total. The number of aromatic nitrogens is 1. The van der Waals surface area contributed by atoms with E-state index in [1.807, 2.05) is 12.4 Å². The summed E-state index contributed by atoms with van der Waals surface area (Å²) in [4.78, 5) is 4.18. The number of rotatable bonds is 7. The molecular weight excluding hydrogens is 276 g/mol. The smallest absolute Gasteiger partial charge is 0.0410 e. The van der Waals surface area contributed by atoms with Gasteiger partial charge in [-0.3, -0.25) is 4.98 Å². The van der Waals surface area contributed by atoms with Crippen LogP contribution in [0.1, 0.15) is 45.1 Å². The molecular formula is C14H23BrN2. The fourth-order valence-electron chi connectivity index (χ4n) is 2.19. The van der Waals surface area contributed by atoms with Crippen LogP contribution in [-0.4, -0.2) is 11.0 Å². The number of halogens is 1. The van der Waals surface area contributed by atoms with Gasteiger partial charge in [0.25, 0.3) is 0 Å². The van der Waals surface area contributed by atoms with Crippen LogP contribution < -0.4 is 5.73 Å². The Morgan fingerprint density at radius 3 is 2.71 bits per heavy atom. The molecule has 0 bridgehead atoms. The van der Waals surface area contributed by atoms with Gasteiger partial charge in [0.1, 0.15) is 0 Å². The molecule has 1 heterocycles. The molecule has 0 saturated heterocycles. The molecule has 0 fully saturated rings. The summed E-state index contributed by atoms with van der Waals surface area (Å²) in [5, 5.41) is 0. The lowest BCUT2D eigenvalue weighted by molar-refractivity contribution is 0.368. The van der Waals surface area contributed by atoms with Crippen molar-refractivity contribution in [3.05, 3.63) is 28.5 Å². The number of unbranched alkanes of at least 4 members (excludes halogenated alkanes) is 1. The van der Waals surface area contributed by atoms with Gasteiger partial charge in [-0.05, 0) is 46.3 Å². The quantitative estimate of drug-likeness (QED) is 0.828. The highest BCUT2D eigenvalue weighted by Gasteiger charge is 2.16. The molecule has 2 atom stereocenters. The second kappa shape index (κ2) is 7.83. The third-order valence-corrected chi connectivity index (χ3v) is 3.72. The van der Waals surface area contributed by atoms with E-state index in [2.05, 4.69) is 40.8 Å². The Kier molecular flexibility index (Phi) is 6.75. The van der Waals surface area contributed by atoms with Crippen molar-refractivity contribution < 1.29 is 0 Å². The van der Waals surface area contributed by atoms with E-state index < -0.39 is 0 Å². The van der Waals surface area contributed by atoms with E-state index >= 15 is 0 Å². The molecule has 0 spiro atoms. The van der Waals surface area contributed by atoms with Crippen LogP contribution in [0.3, 0.4) is 0 Å². The maximum Gasteiger partial charge on any atom is 0.0410 e. The first-order valence-electron chi connectivity index (χ1n) is 6.52. The zero-order chi connectivity index (χ0) is 12.7. The average molecular weight is 299 g/mol. The molecule has 0 radical (unpaired) electrons. The molecule has 0 aliphatic carbocycles. The van der Waals surface area contributed by atoms with Crippen LogP contribution in [0, 0.1) is 5.92 Å². The van der Waals surface area contributed by atoms with Gasteiger partial charge in [-0.15, -0.1) is 0 Å². The molecule has 0 aliphatic rings. The maximum absolute atomic E-state index is 6.31. The third kappa shape index (κ3) is 5.17. The Balaban J connectivity index is 2.54. The summed E-state index contributed by atoms with van der Waals surface area (Å²) in [7, 11) is 0. The summed E-state index contributed by atoms with van der Waals surface area (Å²) < 4.78 is 1.03. The first-order valence-corrected chi connectivity index (χ1v) is 7.31. The minimum Gasteiger partial charge on any atom is -0.327 e. The van der Waals surface area contributed by atoms with E-state index in [4.69, 9.17) is 5.73 Å². The molecule has 0 amide bonds. The average Bonchev–Trinajstić information content (AvgIpc) is 2.30. The second-order valence-electron chi connectivity index (χ2n) is 4.69. The number of nitrogens with zero attached hydrogens (tertiary/aromatic N) is 1. The van der Waals surface area contributed by atoms with Crippen molar-refractivity contribution in [1.82, 2.24) is 4.98 Å².